The van der Waals surface area contributed by atoms with Crippen LogP contribution >= 0.6 is 11.3 Å². The van der Waals surface area contributed by atoms with Crippen LogP contribution in [-0.2, 0) is 0 Å². The average Bonchev–Trinajstić information content (AvgIpc) is 3.80. The minimum absolute atomic E-state index is 1.18. The lowest BCUT2D eigenvalue weighted by atomic mass is 9.96. The highest BCUT2D eigenvalue weighted by Gasteiger charge is 2.21. The third kappa shape index (κ3) is 3.66. The molecule has 0 radical (unpaired) electrons. The number of rotatable bonds is 3. The van der Waals surface area contributed by atoms with Crippen molar-refractivity contribution in [3.63, 3.8) is 0 Å². The van der Waals surface area contributed by atoms with Crippen LogP contribution in [0.4, 0.5) is 0 Å². The van der Waals surface area contributed by atoms with Crippen molar-refractivity contribution in [2.45, 2.75) is 0 Å². The van der Waals surface area contributed by atoms with E-state index in [-0.39, 0.29) is 0 Å². The van der Waals surface area contributed by atoms with E-state index in [2.05, 4.69) is 168 Å². The van der Waals surface area contributed by atoms with Gasteiger partial charge in [-0.1, -0.05) is 103 Å². The minimum atomic E-state index is 1.18. The van der Waals surface area contributed by atoms with Crippen molar-refractivity contribution >= 4 is 64.1 Å². The Kier molecular flexibility index (Phi) is 5.32. The van der Waals surface area contributed by atoms with Crippen molar-refractivity contribution < 1.29 is 0 Å². The van der Waals surface area contributed by atoms with Gasteiger partial charge in [0.2, 0.25) is 0 Å². The molecular formula is C46H27NS. The van der Waals surface area contributed by atoms with Gasteiger partial charge in [0.25, 0.3) is 0 Å². The van der Waals surface area contributed by atoms with Crippen molar-refractivity contribution in [1.29, 1.82) is 0 Å². The number of hydrogen-bond acceptors (Lipinski definition) is 1. The van der Waals surface area contributed by atoms with Gasteiger partial charge in [-0.05, 0) is 116 Å². The molecule has 0 bridgehead atoms. The average molecular weight is 626 g/mol. The van der Waals surface area contributed by atoms with Crippen molar-refractivity contribution in [3.05, 3.63) is 164 Å². The van der Waals surface area contributed by atoms with E-state index in [4.69, 9.17) is 0 Å². The van der Waals surface area contributed by atoms with Crippen LogP contribution in [0, 0.1) is 0 Å². The van der Waals surface area contributed by atoms with Crippen LogP contribution in [0.1, 0.15) is 0 Å². The van der Waals surface area contributed by atoms with Gasteiger partial charge in [0.05, 0.1) is 11.0 Å². The quantitative estimate of drug-likeness (QED) is 0.184. The lowest BCUT2D eigenvalue weighted by Gasteiger charge is -2.08. The van der Waals surface area contributed by atoms with E-state index in [1.807, 2.05) is 11.3 Å². The lowest BCUT2D eigenvalue weighted by Crippen LogP contribution is -1.92. The first kappa shape index (κ1) is 26.1. The predicted octanol–water partition coefficient (Wildman–Crippen LogP) is 13.3. The first-order chi connectivity index (χ1) is 23.8. The topological polar surface area (TPSA) is 4.93 Å². The van der Waals surface area contributed by atoms with Gasteiger partial charge in [0.15, 0.2) is 0 Å². The Labute approximate surface area is 281 Å². The SMILES string of the molecule is c1ccc(-n2c3ccccc3c3cc(-c4ccc5sc6ccc(-c7ccc8c(c7)-c7cccc9cccc-8c79)cc6c5c4)ccc32)cc1. The smallest absolute Gasteiger partial charge is 0.0541 e. The number of thiophene rings is 1. The van der Waals surface area contributed by atoms with E-state index in [9.17, 15) is 0 Å². The van der Waals surface area contributed by atoms with E-state index >= 15 is 0 Å². The van der Waals surface area contributed by atoms with Crippen molar-refractivity contribution in [2.75, 3.05) is 0 Å². The summed E-state index contributed by atoms with van der Waals surface area (Å²) in [5.74, 6) is 0. The number of nitrogens with zero attached hydrogens (tertiary/aromatic N) is 1. The van der Waals surface area contributed by atoms with E-state index in [0.717, 1.165) is 0 Å². The van der Waals surface area contributed by atoms with E-state index < -0.39 is 0 Å². The predicted molar refractivity (Wildman–Crippen MR) is 206 cm³/mol. The van der Waals surface area contributed by atoms with Gasteiger partial charge in [-0.3, -0.25) is 0 Å². The summed E-state index contributed by atoms with van der Waals surface area (Å²) in [4.78, 5) is 0. The summed E-state index contributed by atoms with van der Waals surface area (Å²) in [6, 6.07) is 60.7. The molecule has 0 amide bonds. The van der Waals surface area contributed by atoms with E-state index in [1.165, 1.54) is 103 Å². The number of fused-ring (bicyclic) bond motifs is 9. The molecule has 0 saturated heterocycles. The highest BCUT2D eigenvalue weighted by Crippen LogP contribution is 2.48. The normalized spacial score (nSPS) is 12.2. The maximum absolute atomic E-state index is 2.40. The largest absolute Gasteiger partial charge is 0.309 e. The van der Waals surface area contributed by atoms with Gasteiger partial charge in [-0.2, -0.15) is 0 Å². The number of benzene rings is 8. The maximum atomic E-state index is 2.40. The molecule has 0 aliphatic heterocycles. The lowest BCUT2D eigenvalue weighted by molar-refractivity contribution is 1.18. The highest BCUT2D eigenvalue weighted by molar-refractivity contribution is 7.25. The van der Waals surface area contributed by atoms with Gasteiger partial charge in [-0.15, -0.1) is 11.3 Å². The second-order valence-electron chi connectivity index (χ2n) is 12.9. The molecule has 0 saturated carbocycles. The summed E-state index contributed by atoms with van der Waals surface area (Å²) in [7, 11) is 0. The Morgan fingerprint density at radius 3 is 1.69 bits per heavy atom. The van der Waals surface area contributed by atoms with Gasteiger partial charge in [0.1, 0.15) is 0 Å². The molecule has 10 aromatic rings. The summed E-state index contributed by atoms with van der Waals surface area (Å²) in [5.41, 5.74) is 14.0. The molecular weight excluding hydrogens is 599 g/mol. The fraction of sp³-hybridized carbons (Fsp3) is 0. The molecule has 0 unspecified atom stereocenters. The molecule has 8 aromatic carbocycles. The molecule has 0 spiro atoms. The van der Waals surface area contributed by atoms with Gasteiger partial charge in [-0.25, -0.2) is 0 Å². The van der Waals surface area contributed by atoms with Crippen LogP contribution in [0.5, 0.6) is 0 Å². The molecule has 0 fully saturated rings. The summed E-state index contributed by atoms with van der Waals surface area (Å²) in [6.45, 7) is 0. The molecule has 11 rings (SSSR count). The Balaban J connectivity index is 1.04. The second kappa shape index (κ2) is 9.78. The number of hydrogen-bond donors (Lipinski definition) is 0. The molecule has 1 aliphatic rings. The minimum Gasteiger partial charge on any atom is -0.309 e. The fourth-order valence-corrected chi connectivity index (χ4v) is 9.18. The Morgan fingerprint density at radius 2 is 0.938 bits per heavy atom. The molecule has 1 nitrogen and oxygen atoms in total. The third-order valence-electron chi connectivity index (χ3n) is 10.3. The second-order valence-corrected chi connectivity index (χ2v) is 14.0. The molecule has 2 heterocycles. The van der Waals surface area contributed by atoms with Crippen LogP contribution in [0.15, 0.2) is 164 Å². The van der Waals surface area contributed by atoms with Crippen molar-refractivity contribution in [2.24, 2.45) is 0 Å². The van der Waals surface area contributed by atoms with Gasteiger partial charge in [0, 0.05) is 36.6 Å². The standard InChI is InChI=1S/C46H27NS/c1-2-10-33(11-3-1)47-42-15-5-4-12-35(42)39-25-30(17-21-43(39)47)32-19-23-45-41(27-32)40-26-31(18-22-44(40)48-45)29-16-20-34-36-13-6-8-28-9-7-14-37(46(28)36)38(34)24-29/h1-27H. The molecule has 0 N–H and O–H groups in total. The molecule has 2 aromatic heterocycles. The van der Waals surface area contributed by atoms with E-state index in [0.29, 0.717) is 0 Å². The summed E-state index contributed by atoms with van der Waals surface area (Å²) in [5, 5.41) is 7.88. The molecule has 0 atom stereocenters. The molecule has 2 heteroatoms. The van der Waals surface area contributed by atoms with Crippen LogP contribution in [0.25, 0.3) is 103 Å². The fourth-order valence-electron chi connectivity index (χ4n) is 8.12. The van der Waals surface area contributed by atoms with Crippen LogP contribution in [0.3, 0.4) is 0 Å². The first-order valence-corrected chi connectivity index (χ1v) is 17.3. The zero-order chi connectivity index (χ0) is 31.3. The van der Waals surface area contributed by atoms with Gasteiger partial charge < -0.3 is 4.57 Å². The first-order valence-electron chi connectivity index (χ1n) is 16.5. The molecule has 48 heavy (non-hydrogen) atoms. The summed E-state index contributed by atoms with van der Waals surface area (Å²) >= 11 is 1.88. The maximum Gasteiger partial charge on any atom is 0.0541 e. The van der Waals surface area contributed by atoms with Crippen molar-refractivity contribution in [1.82, 2.24) is 4.57 Å². The molecule has 222 valence electrons. The highest BCUT2D eigenvalue weighted by atomic mass is 32.1. The molecule has 1 aliphatic carbocycles. The summed E-state index contributed by atoms with van der Waals surface area (Å²) in [6.07, 6.45) is 0. The monoisotopic (exact) mass is 625 g/mol. The van der Waals surface area contributed by atoms with Crippen LogP contribution in [0.2, 0.25) is 0 Å². The van der Waals surface area contributed by atoms with Crippen molar-refractivity contribution in [3.8, 4) is 50.2 Å². The summed E-state index contributed by atoms with van der Waals surface area (Å²) < 4.78 is 5.03. The number of para-hydroxylation sites is 2. The number of aromatic nitrogens is 1. The Morgan fingerprint density at radius 1 is 0.354 bits per heavy atom. The third-order valence-corrected chi connectivity index (χ3v) is 11.5. The van der Waals surface area contributed by atoms with Crippen LogP contribution < -0.4 is 0 Å². The van der Waals surface area contributed by atoms with E-state index in [1.54, 1.807) is 0 Å². The van der Waals surface area contributed by atoms with Gasteiger partial charge >= 0.3 is 0 Å². The zero-order valence-corrected chi connectivity index (χ0v) is 26.8. The Bertz CT molecular complexity index is 2940. The van der Waals surface area contributed by atoms with Crippen LogP contribution in [-0.4, -0.2) is 4.57 Å². The zero-order valence-electron chi connectivity index (χ0n) is 25.9. The Hall–Kier alpha value is -5.96.